The molecule has 1 rings (SSSR count). The Morgan fingerprint density at radius 1 is 1.61 bits per heavy atom. The van der Waals surface area contributed by atoms with Gasteiger partial charge in [-0.2, -0.15) is 0 Å². The van der Waals surface area contributed by atoms with Crippen molar-refractivity contribution >= 4 is 11.8 Å². The summed E-state index contributed by atoms with van der Waals surface area (Å²) in [6.07, 6.45) is 0.934. The molecule has 0 amide bonds. The Kier molecular flexibility index (Phi) is 5.03. The van der Waals surface area contributed by atoms with Crippen LogP contribution in [0.25, 0.3) is 0 Å². The molecule has 1 aromatic rings. The Morgan fingerprint density at radius 2 is 2.28 bits per heavy atom. The molecule has 0 saturated carbocycles. The number of pyridine rings is 1. The van der Waals surface area contributed by atoms with E-state index in [0.29, 0.717) is 11.1 Å². The number of halogens is 1. The number of rotatable bonds is 5. The van der Waals surface area contributed by atoms with Gasteiger partial charge in [0.05, 0.1) is 18.8 Å². The predicted molar refractivity (Wildman–Crippen MR) is 66.3 cm³/mol. The van der Waals surface area contributed by atoms with Gasteiger partial charge in [0, 0.05) is 12.1 Å². The maximum Gasteiger partial charge on any atom is 0.320 e. The van der Waals surface area contributed by atoms with Crippen molar-refractivity contribution in [3.8, 4) is 0 Å². The van der Waals surface area contributed by atoms with Gasteiger partial charge in [0.1, 0.15) is 11.6 Å². The van der Waals surface area contributed by atoms with E-state index in [4.69, 9.17) is 10.5 Å². The lowest BCUT2D eigenvalue weighted by Gasteiger charge is -2.11. The summed E-state index contributed by atoms with van der Waals surface area (Å²) in [4.78, 5) is 15.0. The van der Waals surface area contributed by atoms with E-state index >= 15 is 0 Å². The number of aromatic nitrogens is 1. The Morgan fingerprint density at radius 3 is 2.89 bits per heavy atom. The number of nitrogens with two attached hydrogens (primary N) is 1. The van der Waals surface area contributed by atoms with E-state index in [1.54, 1.807) is 20.8 Å². The van der Waals surface area contributed by atoms with Gasteiger partial charge in [0.2, 0.25) is 0 Å². The number of anilines is 1. The second-order valence-corrected chi connectivity index (χ2v) is 4.24. The van der Waals surface area contributed by atoms with Crippen LogP contribution in [0.1, 0.15) is 25.0 Å². The Hall–Kier alpha value is -1.69. The minimum atomic E-state index is -0.411. The van der Waals surface area contributed by atoms with Gasteiger partial charge in [-0.15, -0.1) is 0 Å². The fourth-order valence-corrected chi connectivity index (χ4v) is 1.45. The first-order valence-corrected chi connectivity index (χ1v) is 5.71. The number of hydrogen-bond donors (Lipinski definition) is 2. The van der Waals surface area contributed by atoms with Crippen molar-refractivity contribution in [2.45, 2.75) is 33.4 Å². The van der Waals surface area contributed by atoms with Crippen LogP contribution in [0.15, 0.2) is 6.20 Å². The number of carbonyl (C=O) groups is 1. The monoisotopic (exact) mass is 255 g/mol. The number of nitrogens with zero attached hydrogens (tertiary/aromatic N) is 1. The van der Waals surface area contributed by atoms with E-state index in [2.05, 4.69) is 10.3 Å². The molecule has 0 aliphatic carbocycles. The van der Waals surface area contributed by atoms with Crippen molar-refractivity contribution in [2.24, 2.45) is 0 Å². The van der Waals surface area contributed by atoms with Gasteiger partial charge in [-0.05, 0) is 26.3 Å². The molecule has 0 fully saturated rings. The molecule has 3 N–H and O–H groups in total. The SMILES string of the molecule is Cc1c(F)cnc(N)c1CNCC(=O)OC(C)C. The highest BCUT2D eigenvalue weighted by atomic mass is 19.1. The lowest BCUT2D eigenvalue weighted by molar-refractivity contribution is -0.146. The maximum absolute atomic E-state index is 13.3. The van der Waals surface area contributed by atoms with Crippen molar-refractivity contribution in [2.75, 3.05) is 12.3 Å². The van der Waals surface area contributed by atoms with Gasteiger partial charge in [-0.1, -0.05) is 0 Å². The fourth-order valence-electron chi connectivity index (χ4n) is 1.45. The second-order valence-electron chi connectivity index (χ2n) is 4.24. The molecule has 0 saturated heterocycles. The quantitative estimate of drug-likeness (QED) is 0.772. The fraction of sp³-hybridized carbons (Fsp3) is 0.500. The van der Waals surface area contributed by atoms with E-state index in [1.807, 2.05) is 0 Å². The highest BCUT2D eigenvalue weighted by molar-refractivity contribution is 5.71. The van der Waals surface area contributed by atoms with Crippen LogP contribution in [0.2, 0.25) is 0 Å². The summed E-state index contributed by atoms with van der Waals surface area (Å²) in [6, 6.07) is 0. The van der Waals surface area contributed by atoms with Crippen molar-refractivity contribution in [3.05, 3.63) is 23.1 Å². The van der Waals surface area contributed by atoms with E-state index in [-0.39, 0.29) is 31.0 Å². The molecule has 0 aliphatic heterocycles. The summed E-state index contributed by atoms with van der Waals surface area (Å²) < 4.78 is 18.2. The predicted octanol–water partition coefficient (Wildman–Crippen LogP) is 1.15. The van der Waals surface area contributed by atoms with Crippen LogP contribution < -0.4 is 11.1 Å². The van der Waals surface area contributed by atoms with Crippen LogP contribution in [-0.4, -0.2) is 23.6 Å². The molecular weight excluding hydrogens is 237 g/mol. The molecule has 1 aromatic heterocycles. The lowest BCUT2D eigenvalue weighted by Crippen LogP contribution is -2.27. The average Bonchev–Trinajstić information content (AvgIpc) is 2.27. The number of esters is 1. The van der Waals surface area contributed by atoms with Gasteiger partial charge in [-0.3, -0.25) is 4.79 Å². The lowest BCUT2D eigenvalue weighted by atomic mass is 10.1. The average molecular weight is 255 g/mol. The minimum Gasteiger partial charge on any atom is -0.462 e. The second kappa shape index (κ2) is 6.30. The first-order chi connectivity index (χ1) is 8.41. The number of ether oxygens (including phenoxy) is 1. The molecule has 6 heteroatoms. The van der Waals surface area contributed by atoms with E-state index in [9.17, 15) is 9.18 Å². The molecular formula is C12H18FN3O2. The van der Waals surface area contributed by atoms with Crippen molar-refractivity contribution in [1.29, 1.82) is 0 Å². The van der Waals surface area contributed by atoms with Crippen LogP contribution in [0.3, 0.4) is 0 Å². The Balaban J connectivity index is 2.54. The molecule has 1 heterocycles. The zero-order valence-corrected chi connectivity index (χ0v) is 10.8. The van der Waals surface area contributed by atoms with Crippen LogP contribution in [0.4, 0.5) is 10.2 Å². The molecule has 5 nitrogen and oxygen atoms in total. The first-order valence-electron chi connectivity index (χ1n) is 5.71. The van der Waals surface area contributed by atoms with E-state index in [1.165, 1.54) is 0 Å². The summed E-state index contributed by atoms with van der Waals surface area (Å²) in [5.41, 5.74) is 6.65. The molecule has 0 bridgehead atoms. The summed E-state index contributed by atoms with van der Waals surface area (Å²) in [7, 11) is 0. The third-order valence-electron chi connectivity index (χ3n) is 2.38. The zero-order chi connectivity index (χ0) is 13.7. The van der Waals surface area contributed by atoms with Crippen molar-refractivity contribution in [1.82, 2.24) is 10.3 Å². The Labute approximate surface area is 106 Å². The largest absolute Gasteiger partial charge is 0.462 e. The molecule has 0 aliphatic rings. The number of carbonyl (C=O) groups excluding carboxylic acids is 1. The first kappa shape index (κ1) is 14.4. The summed E-state index contributed by atoms with van der Waals surface area (Å²) in [5.74, 6) is -0.505. The molecule has 0 radical (unpaired) electrons. The third-order valence-corrected chi connectivity index (χ3v) is 2.38. The normalized spacial score (nSPS) is 10.7. The van der Waals surface area contributed by atoms with Gasteiger partial charge in [0.15, 0.2) is 0 Å². The third kappa shape index (κ3) is 3.96. The van der Waals surface area contributed by atoms with Gasteiger partial charge < -0.3 is 15.8 Å². The van der Waals surface area contributed by atoms with Gasteiger partial charge >= 0.3 is 5.97 Å². The highest BCUT2D eigenvalue weighted by Gasteiger charge is 2.10. The molecule has 0 unspecified atom stereocenters. The number of hydrogen-bond acceptors (Lipinski definition) is 5. The standard InChI is InChI=1S/C12H18FN3O2/c1-7(2)18-11(17)6-15-4-9-8(3)10(13)5-16-12(9)14/h5,7,15H,4,6H2,1-3H3,(H2,14,16). The van der Waals surface area contributed by atoms with Crippen LogP contribution in [0.5, 0.6) is 0 Å². The van der Waals surface area contributed by atoms with Crippen molar-refractivity contribution in [3.63, 3.8) is 0 Å². The Bertz CT molecular complexity index is 436. The van der Waals surface area contributed by atoms with Crippen LogP contribution >= 0.6 is 0 Å². The van der Waals surface area contributed by atoms with E-state index < -0.39 is 5.82 Å². The number of nitrogens with one attached hydrogen (secondary N) is 1. The van der Waals surface area contributed by atoms with E-state index in [0.717, 1.165) is 6.20 Å². The van der Waals surface area contributed by atoms with Crippen LogP contribution in [0, 0.1) is 12.7 Å². The maximum atomic E-state index is 13.3. The smallest absolute Gasteiger partial charge is 0.320 e. The summed E-state index contributed by atoms with van der Waals surface area (Å²) >= 11 is 0. The molecule has 0 aromatic carbocycles. The summed E-state index contributed by atoms with van der Waals surface area (Å²) in [6.45, 7) is 5.49. The number of nitrogen functional groups attached to an aromatic ring is 1. The topological polar surface area (TPSA) is 77.2 Å². The molecule has 0 atom stereocenters. The molecule has 0 spiro atoms. The highest BCUT2D eigenvalue weighted by Crippen LogP contribution is 2.16. The van der Waals surface area contributed by atoms with Gasteiger partial charge in [0.25, 0.3) is 0 Å². The zero-order valence-electron chi connectivity index (χ0n) is 10.8. The van der Waals surface area contributed by atoms with Crippen LogP contribution in [-0.2, 0) is 16.1 Å². The minimum absolute atomic E-state index is 0.0492. The molecule has 100 valence electrons. The van der Waals surface area contributed by atoms with Gasteiger partial charge in [-0.25, -0.2) is 9.37 Å². The van der Waals surface area contributed by atoms with Crippen molar-refractivity contribution < 1.29 is 13.9 Å². The summed E-state index contributed by atoms with van der Waals surface area (Å²) in [5, 5.41) is 2.85. The molecule has 18 heavy (non-hydrogen) atoms.